The first-order valence-corrected chi connectivity index (χ1v) is 15.2. The highest BCUT2D eigenvalue weighted by Crippen LogP contribution is 2.46. The van der Waals surface area contributed by atoms with Gasteiger partial charge in [-0.05, 0) is 68.6 Å². The first-order chi connectivity index (χ1) is 21.8. The smallest absolute Gasteiger partial charge is 0.143 e. The lowest BCUT2D eigenvalue weighted by Gasteiger charge is -2.10. The minimum absolute atomic E-state index is 0.948. The average Bonchev–Trinajstić information content (AvgIpc) is 3.75. The monoisotopic (exact) mass is 557 g/mol. The summed E-state index contributed by atoms with van der Waals surface area (Å²) in [5.74, 6) is 0. The van der Waals surface area contributed by atoms with Gasteiger partial charge < -0.3 is 8.82 Å². The Morgan fingerprint density at radius 1 is 0.386 bits per heavy atom. The van der Waals surface area contributed by atoms with E-state index >= 15 is 0 Å². The first-order valence-electron chi connectivity index (χ1n) is 15.2. The molecule has 202 valence electrons. The second kappa shape index (κ2) is 7.94. The van der Waals surface area contributed by atoms with Crippen molar-refractivity contribution in [2.24, 2.45) is 0 Å². The Labute approximate surface area is 251 Å². The predicted molar refractivity (Wildman–Crippen MR) is 185 cm³/mol. The van der Waals surface area contributed by atoms with Gasteiger partial charge >= 0.3 is 0 Å². The Bertz CT molecular complexity index is 2920. The van der Waals surface area contributed by atoms with E-state index in [1.54, 1.807) is 0 Å². The third-order valence-corrected chi connectivity index (χ3v) is 9.90. The third kappa shape index (κ3) is 2.72. The van der Waals surface area contributed by atoms with Crippen molar-refractivity contribution in [1.82, 2.24) is 4.40 Å². The van der Waals surface area contributed by atoms with Crippen molar-refractivity contribution in [1.29, 1.82) is 0 Å². The number of hydrogen-bond acceptors (Lipinski definition) is 1. The largest absolute Gasteiger partial charge is 0.455 e. The van der Waals surface area contributed by atoms with E-state index in [0.717, 1.165) is 22.3 Å². The molecule has 8 aromatic carbocycles. The van der Waals surface area contributed by atoms with Gasteiger partial charge in [0.05, 0.1) is 16.6 Å². The van der Waals surface area contributed by atoms with Crippen LogP contribution < -0.4 is 0 Å². The Hall–Kier alpha value is -5.86. The normalized spacial score (nSPS) is 12.5. The van der Waals surface area contributed by atoms with Crippen molar-refractivity contribution in [3.63, 3.8) is 0 Å². The molecule has 44 heavy (non-hydrogen) atoms. The molecule has 0 aliphatic heterocycles. The van der Waals surface area contributed by atoms with Crippen molar-refractivity contribution in [3.8, 4) is 22.3 Å². The number of rotatable bonds is 2. The van der Waals surface area contributed by atoms with Crippen molar-refractivity contribution < 1.29 is 4.42 Å². The van der Waals surface area contributed by atoms with E-state index in [2.05, 4.69) is 144 Å². The van der Waals surface area contributed by atoms with Crippen LogP contribution in [0.5, 0.6) is 0 Å². The summed E-state index contributed by atoms with van der Waals surface area (Å²) in [5, 5.41) is 12.7. The lowest BCUT2D eigenvalue weighted by Crippen LogP contribution is -1.85. The fourth-order valence-electron chi connectivity index (χ4n) is 8.00. The van der Waals surface area contributed by atoms with Crippen LogP contribution in [0.3, 0.4) is 0 Å². The fourth-order valence-corrected chi connectivity index (χ4v) is 8.00. The second-order valence-electron chi connectivity index (χ2n) is 12.1. The molecule has 3 heterocycles. The molecule has 3 aromatic heterocycles. The molecule has 0 saturated carbocycles. The zero-order valence-corrected chi connectivity index (χ0v) is 23.6. The molecule has 0 radical (unpaired) electrons. The zero-order valence-electron chi connectivity index (χ0n) is 23.6. The maximum atomic E-state index is 6.61. The van der Waals surface area contributed by atoms with Gasteiger partial charge in [0, 0.05) is 37.9 Å². The summed E-state index contributed by atoms with van der Waals surface area (Å²) in [7, 11) is 0. The standard InChI is InChI=1S/C42H23NO/c1-2-8-29-28(7-1)31-10-6-14-38-39(31)40-32(29)21-20-27(42(40)44-38)25-17-15-24(16-18-25)26-19-22-37-35(23-26)34-12-5-11-33-30-9-3-4-13-36(30)43(37)41(33)34/h1-23H. The minimum Gasteiger partial charge on any atom is -0.455 e. The van der Waals surface area contributed by atoms with E-state index in [-0.39, 0.29) is 0 Å². The Morgan fingerprint density at radius 3 is 1.84 bits per heavy atom. The average molecular weight is 558 g/mol. The number of aromatic nitrogens is 1. The summed E-state index contributed by atoms with van der Waals surface area (Å²) in [4.78, 5) is 0. The van der Waals surface area contributed by atoms with Gasteiger partial charge in [0.2, 0.25) is 0 Å². The molecule has 0 bridgehead atoms. The molecule has 2 nitrogen and oxygen atoms in total. The van der Waals surface area contributed by atoms with Crippen molar-refractivity contribution in [2.75, 3.05) is 0 Å². The number of fused-ring (bicyclic) bond motifs is 9. The second-order valence-corrected chi connectivity index (χ2v) is 12.1. The molecule has 0 atom stereocenters. The Kier molecular flexibility index (Phi) is 4.10. The van der Waals surface area contributed by atoms with Gasteiger partial charge in [-0.25, -0.2) is 0 Å². The minimum atomic E-state index is 0.948. The molecule has 11 aromatic rings. The quantitative estimate of drug-likeness (QED) is 0.193. The molecule has 0 spiro atoms. The van der Waals surface area contributed by atoms with E-state index in [1.165, 1.54) is 81.5 Å². The molecule has 0 N–H and O–H groups in total. The fraction of sp³-hybridized carbons (Fsp3) is 0. The first kappa shape index (κ1) is 22.7. The summed E-state index contributed by atoms with van der Waals surface area (Å²) in [6.45, 7) is 0. The molecule has 0 fully saturated rings. The van der Waals surface area contributed by atoms with Gasteiger partial charge in [0.1, 0.15) is 11.2 Å². The SMILES string of the molecule is c1ccc2c(c1)c1cccc3oc4c(-c5ccc(-c6ccc7c(c6)c6cccc8c9ccccc9n7c86)cc5)ccc2c4c31. The number of para-hydroxylation sites is 2. The van der Waals surface area contributed by atoms with E-state index in [9.17, 15) is 0 Å². The van der Waals surface area contributed by atoms with Crippen LogP contribution in [0, 0.1) is 0 Å². The van der Waals surface area contributed by atoms with E-state index < -0.39 is 0 Å². The molecule has 11 rings (SSSR count). The van der Waals surface area contributed by atoms with Gasteiger partial charge in [-0.1, -0.05) is 109 Å². The van der Waals surface area contributed by atoms with Crippen molar-refractivity contribution >= 4 is 81.6 Å². The van der Waals surface area contributed by atoms with Crippen LogP contribution in [-0.4, -0.2) is 4.40 Å². The van der Waals surface area contributed by atoms with Gasteiger partial charge in [0.15, 0.2) is 0 Å². The van der Waals surface area contributed by atoms with Crippen LogP contribution in [0.1, 0.15) is 0 Å². The Morgan fingerprint density at radius 2 is 1.00 bits per heavy atom. The molecule has 0 saturated heterocycles. The molecule has 0 aliphatic carbocycles. The van der Waals surface area contributed by atoms with Crippen LogP contribution in [0.4, 0.5) is 0 Å². The van der Waals surface area contributed by atoms with E-state index in [0.29, 0.717) is 0 Å². The van der Waals surface area contributed by atoms with Crippen LogP contribution in [0.2, 0.25) is 0 Å². The number of furan rings is 1. The number of nitrogens with zero attached hydrogens (tertiary/aromatic N) is 1. The number of benzene rings is 8. The maximum Gasteiger partial charge on any atom is 0.143 e. The van der Waals surface area contributed by atoms with Crippen LogP contribution in [0.25, 0.3) is 104 Å². The van der Waals surface area contributed by atoms with Crippen molar-refractivity contribution in [2.45, 2.75) is 0 Å². The predicted octanol–water partition coefficient (Wildman–Crippen LogP) is 11.8. The Balaban J connectivity index is 1.08. The lowest BCUT2D eigenvalue weighted by molar-refractivity contribution is 0.670. The third-order valence-electron chi connectivity index (χ3n) is 9.90. The zero-order chi connectivity index (χ0) is 28.5. The highest BCUT2D eigenvalue weighted by molar-refractivity contribution is 6.34. The highest BCUT2D eigenvalue weighted by Gasteiger charge is 2.20. The molecular weight excluding hydrogens is 534 g/mol. The summed E-state index contributed by atoms with van der Waals surface area (Å²) in [5.41, 5.74) is 10.5. The number of hydrogen-bond donors (Lipinski definition) is 0. The van der Waals surface area contributed by atoms with Crippen LogP contribution in [-0.2, 0) is 0 Å². The lowest BCUT2D eigenvalue weighted by atomic mass is 9.91. The van der Waals surface area contributed by atoms with Crippen molar-refractivity contribution in [3.05, 3.63) is 140 Å². The van der Waals surface area contributed by atoms with Gasteiger partial charge in [-0.3, -0.25) is 0 Å². The van der Waals surface area contributed by atoms with Gasteiger partial charge in [-0.15, -0.1) is 0 Å². The molecule has 0 unspecified atom stereocenters. The summed E-state index contributed by atoms with van der Waals surface area (Å²) >= 11 is 0. The summed E-state index contributed by atoms with van der Waals surface area (Å²) in [6, 6.07) is 50.9. The highest BCUT2D eigenvalue weighted by atomic mass is 16.3. The molecule has 2 heteroatoms. The maximum absolute atomic E-state index is 6.61. The molecule has 0 aliphatic rings. The van der Waals surface area contributed by atoms with E-state index in [1.807, 2.05) is 0 Å². The van der Waals surface area contributed by atoms with Crippen LogP contribution >= 0.6 is 0 Å². The van der Waals surface area contributed by atoms with E-state index in [4.69, 9.17) is 4.42 Å². The van der Waals surface area contributed by atoms with Gasteiger partial charge in [0.25, 0.3) is 0 Å². The molecule has 0 amide bonds. The van der Waals surface area contributed by atoms with Crippen LogP contribution in [0.15, 0.2) is 144 Å². The topological polar surface area (TPSA) is 17.6 Å². The summed E-state index contributed by atoms with van der Waals surface area (Å²) < 4.78 is 9.05. The molecular formula is C42H23NO. The van der Waals surface area contributed by atoms with Gasteiger partial charge in [-0.2, -0.15) is 0 Å². The summed E-state index contributed by atoms with van der Waals surface area (Å²) in [6.07, 6.45) is 0.